The Hall–Kier alpha value is -2.92. The molecule has 0 aliphatic carbocycles. The smallest absolute Gasteiger partial charge is 0.223 e. The number of rotatable bonds is 6. The molecule has 1 aliphatic rings. The Bertz CT molecular complexity index is 884. The highest BCUT2D eigenvalue weighted by Gasteiger charge is 2.21. The number of benzene rings is 1. The molecule has 4 rings (SSSR count). The molecular weight excluding hydrogens is 350 g/mol. The van der Waals surface area contributed by atoms with Crippen molar-refractivity contribution < 1.29 is 9.21 Å². The number of aryl methyl sites for hydroxylation is 1. The predicted molar refractivity (Wildman–Crippen MR) is 109 cm³/mol. The van der Waals surface area contributed by atoms with Crippen LogP contribution in [0.5, 0.6) is 0 Å². The Morgan fingerprint density at radius 2 is 1.71 bits per heavy atom. The number of pyridine rings is 1. The molecule has 0 radical (unpaired) electrons. The molecule has 5 nitrogen and oxygen atoms in total. The first kappa shape index (κ1) is 18.4. The molecule has 0 N–H and O–H groups in total. The van der Waals surface area contributed by atoms with Crippen molar-refractivity contribution in [3.63, 3.8) is 0 Å². The minimum absolute atomic E-state index is 0.204. The van der Waals surface area contributed by atoms with Gasteiger partial charge in [0.1, 0.15) is 11.5 Å². The summed E-state index contributed by atoms with van der Waals surface area (Å²) >= 11 is 0. The lowest BCUT2D eigenvalue weighted by molar-refractivity contribution is -0.133. The Morgan fingerprint density at radius 3 is 2.46 bits per heavy atom. The SMILES string of the molecule is O=C(CCc1ccc(-c2ccccc2)o1)N1CCN(Cc2ccccn2)CC1. The fraction of sp³-hybridized carbons (Fsp3) is 0.304. The van der Waals surface area contributed by atoms with E-state index in [1.165, 1.54) is 0 Å². The fourth-order valence-corrected chi connectivity index (χ4v) is 3.53. The van der Waals surface area contributed by atoms with Crippen molar-refractivity contribution in [1.82, 2.24) is 14.8 Å². The number of hydrogen-bond donors (Lipinski definition) is 0. The van der Waals surface area contributed by atoms with Crippen molar-refractivity contribution in [3.8, 4) is 11.3 Å². The van der Waals surface area contributed by atoms with Crippen LogP contribution < -0.4 is 0 Å². The van der Waals surface area contributed by atoms with E-state index in [1.54, 1.807) is 0 Å². The van der Waals surface area contributed by atoms with Crippen LogP contribution in [-0.2, 0) is 17.8 Å². The van der Waals surface area contributed by atoms with Crippen LogP contribution in [0.15, 0.2) is 71.3 Å². The third-order valence-corrected chi connectivity index (χ3v) is 5.14. The standard InChI is InChI=1S/C23H25N3O2/c27-23(12-10-21-9-11-22(28-21)19-6-2-1-3-7-19)26-16-14-25(15-17-26)18-20-8-4-5-13-24-20/h1-9,11,13H,10,12,14-18H2. The van der Waals surface area contributed by atoms with Gasteiger partial charge in [-0.3, -0.25) is 14.7 Å². The number of carbonyl (C=O) groups excluding carboxylic acids is 1. The highest BCUT2D eigenvalue weighted by atomic mass is 16.3. The maximum atomic E-state index is 12.6. The van der Waals surface area contributed by atoms with Crippen LogP contribution in [0.2, 0.25) is 0 Å². The van der Waals surface area contributed by atoms with Gasteiger partial charge in [-0.2, -0.15) is 0 Å². The molecule has 28 heavy (non-hydrogen) atoms. The van der Waals surface area contributed by atoms with E-state index < -0.39 is 0 Å². The van der Waals surface area contributed by atoms with Crippen molar-refractivity contribution in [2.24, 2.45) is 0 Å². The Balaban J connectivity index is 1.23. The minimum Gasteiger partial charge on any atom is -0.461 e. The molecule has 0 spiro atoms. The zero-order chi connectivity index (χ0) is 19.2. The third kappa shape index (κ3) is 4.67. The second-order valence-electron chi connectivity index (χ2n) is 7.11. The lowest BCUT2D eigenvalue weighted by Crippen LogP contribution is -2.48. The van der Waals surface area contributed by atoms with Gasteiger partial charge in [0.2, 0.25) is 5.91 Å². The molecular formula is C23H25N3O2. The molecule has 1 aromatic carbocycles. The Labute approximate surface area is 165 Å². The van der Waals surface area contributed by atoms with Gasteiger partial charge in [-0.05, 0) is 24.3 Å². The topological polar surface area (TPSA) is 49.6 Å². The molecule has 3 heterocycles. The van der Waals surface area contributed by atoms with E-state index in [9.17, 15) is 4.79 Å². The summed E-state index contributed by atoms with van der Waals surface area (Å²) in [6.45, 7) is 4.18. The van der Waals surface area contributed by atoms with Crippen LogP contribution in [-0.4, -0.2) is 46.9 Å². The van der Waals surface area contributed by atoms with E-state index in [0.29, 0.717) is 12.8 Å². The maximum Gasteiger partial charge on any atom is 0.223 e. The van der Waals surface area contributed by atoms with Crippen LogP contribution in [0, 0.1) is 0 Å². The summed E-state index contributed by atoms with van der Waals surface area (Å²) in [4.78, 5) is 21.3. The van der Waals surface area contributed by atoms with Gasteiger partial charge in [-0.1, -0.05) is 36.4 Å². The van der Waals surface area contributed by atoms with Crippen molar-refractivity contribution in [3.05, 3.63) is 78.3 Å². The van der Waals surface area contributed by atoms with Crippen molar-refractivity contribution in [2.45, 2.75) is 19.4 Å². The van der Waals surface area contributed by atoms with Gasteiger partial charge >= 0.3 is 0 Å². The molecule has 3 aromatic rings. The fourth-order valence-electron chi connectivity index (χ4n) is 3.53. The van der Waals surface area contributed by atoms with E-state index in [0.717, 1.165) is 55.5 Å². The first-order valence-corrected chi connectivity index (χ1v) is 9.82. The van der Waals surface area contributed by atoms with E-state index in [1.807, 2.05) is 71.8 Å². The molecule has 1 fully saturated rings. The first-order chi connectivity index (χ1) is 13.8. The zero-order valence-electron chi connectivity index (χ0n) is 16.0. The summed E-state index contributed by atoms with van der Waals surface area (Å²) in [7, 11) is 0. The molecule has 2 aromatic heterocycles. The third-order valence-electron chi connectivity index (χ3n) is 5.14. The summed E-state index contributed by atoms with van der Waals surface area (Å²) < 4.78 is 5.90. The summed E-state index contributed by atoms with van der Waals surface area (Å²) in [6, 6.07) is 20.0. The number of amides is 1. The molecule has 0 atom stereocenters. The number of furan rings is 1. The van der Waals surface area contributed by atoms with Crippen LogP contribution >= 0.6 is 0 Å². The quantitative estimate of drug-likeness (QED) is 0.660. The Morgan fingerprint density at radius 1 is 0.929 bits per heavy atom. The van der Waals surface area contributed by atoms with E-state index in [-0.39, 0.29) is 5.91 Å². The Kier molecular flexibility index (Phi) is 5.83. The number of carbonyl (C=O) groups is 1. The second kappa shape index (κ2) is 8.85. The highest BCUT2D eigenvalue weighted by Crippen LogP contribution is 2.22. The van der Waals surface area contributed by atoms with Gasteiger partial charge in [0, 0.05) is 57.3 Å². The lowest BCUT2D eigenvalue weighted by atomic mass is 10.2. The highest BCUT2D eigenvalue weighted by molar-refractivity contribution is 5.76. The normalized spacial score (nSPS) is 14.9. The van der Waals surface area contributed by atoms with Gasteiger partial charge in [-0.25, -0.2) is 0 Å². The number of nitrogens with zero attached hydrogens (tertiary/aromatic N) is 3. The monoisotopic (exact) mass is 375 g/mol. The molecule has 0 saturated carbocycles. The van der Waals surface area contributed by atoms with E-state index in [4.69, 9.17) is 4.42 Å². The van der Waals surface area contributed by atoms with E-state index >= 15 is 0 Å². The molecule has 5 heteroatoms. The molecule has 1 amide bonds. The van der Waals surface area contributed by atoms with Crippen LogP contribution in [0.4, 0.5) is 0 Å². The lowest BCUT2D eigenvalue weighted by Gasteiger charge is -2.34. The molecule has 0 unspecified atom stereocenters. The summed E-state index contributed by atoms with van der Waals surface area (Å²) in [5, 5.41) is 0. The summed E-state index contributed by atoms with van der Waals surface area (Å²) in [6.07, 6.45) is 2.95. The van der Waals surface area contributed by atoms with Crippen molar-refractivity contribution >= 4 is 5.91 Å². The van der Waals surface area contributed by atoms with Gasteiger partial charge in [0.15, 0.2) is 0 Å². The predicted octanol–water partition coefficient (Wildman–Crippen LogP) is 3.62. The number of hydrogen-bond acceptors (Lipinski definition) is 4. The van der Waals surface area contributed by atoms with Gasteiger partial charge in [-0.15, -0.1) is 0 Å². The van der Waals surface area contributed by atoms with Gasteiger partial charge in [0.25, 0.3) is 0 Å². The average Bonchev–Trinajstić information content (AvgIpc) is 3.23. The molecule has 144 valence electrons. The molecule has 1 aliphatic heterocycles. The molecule has 1 saturated heterocycles. The average molecular weight is 375 g/mol. The largest absolute Gasteiger partial charge is 0.461 e. The maximum absolute atomic E-state index is 12.6. The first-order valence-electron chi connectivity index (χ1n) is 9.82. The zero-order valence-corrected chi connectivity index (χ0v) is 16.0. The number of piperazine rings is 1. The molecule has 0 bridgehead atoms. The summed E-state index contributed by atoms with van der Waals surface area (Å²) in [5.74, 6) is 1.92. The van der Waals surface area contributed by atoms with Crippen molar-refractivity contribution in [2.75, 3.05) is 26.2 Å². The van der Waals surface area contributed by atoms with Crippen LogP contribution in [0.1, 0.15) is 17.9 Å². The van der Waals surface area contributed by atoms with E-state index in [2.05, 4.69) is 9.88 Å². The van der Waals surface area contributed by atoms with Crippen molar-refractivity contribution in [1.29, 1.82) is 0 Å². The second-order valence-corrected chi connectivity index (χ2v) is 7.11. The van der Waals surface area contributed by atoms with Gasteiger partial charge in [0.05, 0.1) is 5.69 Å². The van der Waals surface area contributed by atoms with Gasteiger partial charge < -0.3 is 9.32 Å². The van der Waals surface area contributed by atoms with Crippen LogP contribution in [0.3, 0.4) is 0 Å². The minimum atomic E-state index is 0.204. The van der Waals surface area contributed by atoms with Crippen LogP contribution in [0.25, 0.3) is 11.3 Å². The summed E-state index contributed by atoms with van der Waals surface area (Å²) in [5.41, 5.74) is 2.14. The number of aromatic nitrogens is 1.